The highest BCUT2D eigenvalue weighted by molar-refractivity contribution is 5.70. The van der Waals surface area contributed by atoms with E-state index in [1.54, 1.807) is 30.3 Å². The molecule has 0 aliphatic rings. The molecule has 2 rings (SSSR count). The molecule has 0 aliphatic heterocycles. The summed E-state index contributed by atoms with van der Waals surface area (Å²) in [6, 6.07) is 12.5. The first-order valence-electron chi connectivity index (χ1n) is 5.56. The summed E-state index contributed by atoms with van der Waals surface area (Å²) in [6.07, 6.45) is -0.0154. The van der Waals surface area contributed by atoms with Crippen LogP contribution in [0.1, 0.15) is 11.3 Å². The zero-order chi connectivity index (χ0) is 13.0. The van der Waals surface area contributed by atoms with Crippen molar-refractivity contribution in [3.8, 4) is 11.6 Å². The number of carboxylic acid groups (broad SMARTS) is 1. The van der Waals surface area contributed by atoms with Gasteiger partial charge in [-0.25, -0.2) is 4.98 Å². The first kappa shape index (κ1) is 12.1. The highest BCUT2D eigenvalue weighted by atomic mass is 16.5. The summed E-state index contributed by atoms with van der Waals surface area (Å²) in [5.74, 6) is 0.232. The zero-order valence-corrected chi connectivity index (χ0v) is 9.96. The Bertz CT molecular complexity index is 566. The van der Waals surface area contributed by atoms with Crippen molar-refractivity contribution in [2.45, 2.75) is 13.3 Å². The number of rotatable bonds is 4. The summed E-state index contributed by atoms with van der Waals surface area (Å²) in [5.41, 5.74) is 1.57. The zero-order valence-electron chi connectivity index (χ0n) is 9.96. The quantitative estimate of drug-likeness (QED) is 0.897. The molecule has 0 amide bonds. The molecule has 92 valence electrons. The normalized spacial score (nSPS) is 10.1. The van der Waals surface area contributed by atoms with Gasteiger partial charge in [0.05, 0.1) is 6.42 Å². The second-order valence-corrected chi connectivity index (χ2v) is 3.94. The molecule has 0 spiro atoms. The lowest BCUT2D eigenvalue weighted by molar-refractivity contribution is -0.136. The lowest BCUT2D eigenvalue weighted by Crippen LogP contribution is -2.00. The topological polar surface area (TPSA) is 59.4 Å². The minimum atomic E-state index is -0.860. The monoisotopic (exact) mass is 243 g/mol. The summed E-state index contributed by atoms with van der Waals surface area (Å²) >= 11 is 0. The third-order valence-electron chi connectivity index (χ3n) is 2.34. The number of carbonyl (C=O) groups is 1. The number of carboxylic acids is 1. The molecule has 0 saturated carbocycles. The van der Waals surface area contributed by atoms with Crippen molar-refractivity contribution >= 4 is 5.97 Å². The average Bonchev–Trinajstić information content (AvgIpc) is 2.28. The van der Waals surface area contributed by atoms with Crippen LogP contribution in [0.4, 0.5) is 0 Å². The number of pyridine rings is 1. The molecule has 0 aliphatic carbocycles. The number of aliphatic carboxylic acids is 1. The Hall–Kier alpha value is -2.36. The molecular formula is C14H13NO3. The van der Waals surface area contributed by atoms with Crippen LogP contribution >= 0.6 is 0 Å². The fourth-order valence-corrected chi connectivity index (χ4v) is 1.59. The standard InChI is InChI=1S/C14H13NO3/c1-10-4-2-7-13(15-10)18-12-6-3-5-11(8-12)9-14(16)17/h2-8H,9H2,1H3,(H,16,17). The summed E-state index contributed by atoms with van der Waals surface area (Å²) in [7, 11) is 0. The van der Waals surface area contributed by atoms with Gasteiger partial charge in [-0.15, -0.1) is 0 Å². The van der Waals surface area contributed by atoms with E-state index in [0.29, 0.717) is 17.2 Å². The van der Waals surface area contributed by atoms with E-state index in [1.807, 2.05) is 19.1 Å². The molecule has 0 radical (unpaired) electrons. The van der Waals surface area contributed by atoms with Gasteiger partial charge in [-0.1, -0.05) is 18.2 Å². The summed E-state index contributed by atoms with van der Waals surface area (Å²) in [4.78, 5) is 14.9. The van der Waals surface area contributed by atoms with Crippen LogP contribution in [0, 0.1) is 6.92 Å². The van der Waals surface area contributed by atoms with E-state index in [1.165, 1.54) is 0 Å². The SMILES string of the molecule is Cc1cccc(Oc2cccc(CC(=O)O)c2)n1. The van der Waals surface area contributed by atoms with Gasteiger partial charge in [0.25, 0.3) is 0 Å². The highest BCUT2D eigenvalue weighted by Gasteiger charge is 2.03. The van der Waals surface area contributed by atoms with E-state index in [4.69, 9.17) is 9.84 Å². The maximum Gasteiger partial charge on any atom is 0.307 e. The van der Waals surface area contributed by atoms with E-state index in [-0.39, 0.29) is 6.42 Å². The number of benzene rings is 1. The Morgan fingerprint density at radius 2 is 2.06 bits per heavy atom. The average molecular weight is 243 g/mol. The number of aromatic nitrogens is 1. The number of aryl methyl sites for hydroxylation is 1. The number of ether oxygens (including phenoxy) is 1. The van der Waals surface area contributed by atoms with Crippen LogP contribution in [0.5, 0.6) is 11.6 Å². The molecule has 1 heterocycles. The molecule has 0 atom stereocenters. The van der Waals surface area contributed by atoms with Crippen molar-refractivity contribution in [1.82, 2.24) is 4.98 Å². The third kappa shape index (κ3) is 3.31. The Kier molecular flexibility index (Phi) is 3.57. The van der Waals surface area contributed by atoms with Gasteiger partial charge in [0, 0.05) is 11.8 Å². The van der Waals surface area contributed by atoms with E-state index in [0.717, 1.165) is 5.69 Å². The van der Waals surface area contributed by atoms with Gasteiger partial charge in [-0.2, -0.15) is 0 Å². The van der Waals surface area contributed by atoms with Crippen molar-refractivity contribution in [1.29, 1.82) is 0 Å². The molecule has 0 bridgehead atoms. The second kappa shape index (κ2) is 5.31. The van der Waals surface area contributed by atoms with Crippen LogP contribution in [-0.2, 0) is 11.2 Å². The molecule has 0 saturated heterocycles. The van der Waals surface area contributed by atoms with E-state index in [2.05, 4.69) is 4.98 Å². The van der Waals surface area contributed by atoms with E-state index >= 15 is 0 Å². The predicted molar refractivity (Wildman–Crippen MR) is 66.8 cm³/mol. The van der Waals surface area contributed by atoms with Crippen LogP contribution in [0.15, 0.2) is 42.5 Å². The van der Waals surface area contributed by atoms with Gasteiger partial charge in [-0.3, -0.25) is 4.79 Å². The maximum atomic E-state index is 10.6. The van der Waals surface area contributed by atoms with Gasteiger partial charge < -0.3 is 9.84 Å². The van der Waals surface area contributed by atoms with E-state index < -0.39 is 5.97 Å². The number of hydrogen-bond donors (Lipinski definition) is 1. The first-order valence-corrected chi connectivity index (χ1v) is 5.56. The predicted octanol–water partition coefficient (Wildman–Crippen LogP) is 2.81. The lowest BCUT2D eigenvalue weighted by atomic mass is 10.1. The smallest absolute Gasteiger partial charge is 0.307 e. The minimum absolute atomic E-state index is 0.0154. The molecule has 2 aromatic rings. The van der Waals surface area contributed by atoms with Gasteiger partial charge in [-0.05, 0) is 30.7 Å². The highest BCUT2D eigenvalue weighted by Crippen LogP contribution is 2.20. The van der Waals surface area contributed by atoms with Crippen molar-refractivity contribution in [2.75, 3.05) is 0 Å². The first-order chi connectivity index (χ1) is 8.63. The van der Waals surface area contributed by atoms with Crippen molar-refractivity contribution in [3.63, 3.8) is 0 Å². The van der Waals surface area contributed by atoms with Crippen molar-refractivity contribution in [2.24, 2.45) is 0 Å². The fraction of sp³-hybridized carbons (Fsp3) is 0.143. The Balaban J connectivity index is 2.16. The minimum Gasteiger partial charge on any atom is -0.481 e. The molecule has 1 aromatic heterocycles. The number of nitrogens with zero attached hydrogens (tertiary/aromatic N) is 1. The molecule has 1 aromatic carbocycles. The van der Waals surface area contributed by atoms with Crippen LogP contribution in [0.2, 0.25) is 0 Å². The lowest BCUT2D eigenvalue weighted by Gasteiger charge is -2.06. The second-order valence-electron chi connectivity index (χ2n) is 3.94. The Labute approximate surface area is 105 Å². The maximum absolute atomic E-state index is 10.6. The molecule has 4 nitrogen and oxygen atoms in total. The Morgan fingerprint density at radius 1 is 1.28 bits per heavy atom. The summed E-state index contributed by atoms with van der Waals surface area (Å²) in [6.45, 7) is 1.88. The summed E-state index contributed by atoms with van der Waals surface area (Å²) < 4.78 is 5.58. The Morgan fingerprint density at radius 3 is 2.78 bits per heavy atom. The molecular weight excluding hydrogens is 230 g/mol. The van der Waals surface area contributed by atoms with Gasteiger partial charge in [0.2, 0.25) is 5.88 Å². The van der Waals surface area contributed by atoms with Crippen LogP contribution < -0.4 is 4.74 Å². The van der Waals surface area contributed by atoms with Gasteiger partial charge >= 0.3 is 5.97 Å². The van der Waals surface area contributed by atoms with Crippen molar-refractivity contribution < 1.29 is 14.6 Å². The molecule has 18 heavy (non-hydrogen) atoms. The summed E-state index contributed by atoms with van der Waals surface area (Å²) in [5, 5.41) is 8.73. The van der Waals surface area contributed by atoms with Crippen LogP contribution in [0.3, 0.4) is 0 Å². The molecule has 1 N–H and O–H groups in total. The van der Waals surface area contributed by atoms with Crippen LogP contribution in [0.25, 0.3) is 0 Å². The third-order valence-corrected chi connectivity index (χ3v) is 2.34. The molecule has 0 unspecified atom stereocenters. The largest absolute Gasteiger partial charge is 0.481 e. The molecule has 4 heteroatoms. The fourth-order valence-electron chi connectivity index (χ4n) is 1.59. The van der Waals surface area contributed by atoms with Gasteiger partial charge in [0.1, 0.15) is 5.75 Å². The van der Waals surface area contributed by atoms with E-state index in [9.17, 15) is 4.79 Å². The van der Waals surface area contributed by atoms with Crippen molar-refractivity contribution in [3.05, 3.63) is 53.7 Å². The van der Waals surface area contributed by atoms with Gasteiger partial charge in [0.15, 0.2) is 0 Å². The molecule has 0 fully saturated rings. The number of hydrogen-bond acceptors (Lipinski definition) is 3. The van der Waals surface area contributed by atoms with Crippen LogP contribution in [-0.4, -0.2) is 16.1 Å².